The highest BCUT2D eigenvalue weighted by Crippen LogP contribution is 2.37. The summed E-state index contributed by atoms with van der Waals surface area (Å²) in [5.74, 6) is -1.39. The minimum absolute atomic E-state index is 0.0148. The lowest BCUT2D eigenvalue weighted by atomic mass is 9.96. The average molecular weight is 445 g/mol. The van der Waals surface area contributed by atoms with Gasteiger partial charge in [-0.1, -0.05) is 13.3 Å². The molecule has 1 aromatic rings. The van der Waals surface area contributed by atoms with Gasteiger partial charge < -0.3 is 15.0 Å². The standard InChI is InChI=1S/C20H26F3N3O5/c1-3-4-13(2)24-18(27)12-31-19(28)14-7-9-25(10-8-14)16-6-5-15(20(21,22)23)11-17(16)26(29)30/h5-6,11,13-14H,3-4,7-10,12H2,1-2H3,(H,24,27). The molecule has 0 radical (unpaired) electrons. The van der Waals surface area contributed by atoms with E-state index in [0.29, 0.717) is 18.9 Å². The maximum Gasteiger partial charge on any atom is 0.416 e. The maximum atomic E-state index is 12.9. The van der Waals surface area contributed by atoms with Gasteiger partial charge >= 0.3 is 12.1 Å². The number of hydrogen-bond donors (Lipinski definition) is 1. The number of nitro benzene ring substituents is 1. The second-order valence-corrected chi connectivity index (χ2v) is 7.58. The third kappa shape index (κ3) is 6.83. The topological polar surface area (TPSA) is 102 Å². The van der Waals surface area contributed by atoms with Gasteiger partial charge in [-0.15, -0.1) is 0 Å². The van der Waals surface area contributed by atoms with E-state index in [0.717, 1.165) is 25.0 Å². The van der Waals surface area contributed by atoms with Crippen LogP contribution in [0.3, 0.4) is 0 Å². The zero-order chi connectivity index (χ0) is 23.2. The van der Waals surface area contributed by atoms with Crippen molar-refractivity contribution < 1.29 is 32.4 Å². The molecule has 1 aromatic carbocycles. The molecule has 1 heterocycles. The summed E-state index contributed by atoms with van der Waals surface area (Å²) in [6, 6.07) is 2.40. The number of alkyl halides is 3. The number of hydrogen-bond acceptors (Lipinski definition) is 6. The summed E-state index contributed by atoms with van der Waals surface area (Å²) in [7, 11) is 0. The molecule has 1 unspecified atom stereocenters. The fourth-order valence-electron chi connectivity index (χ4n) is 3.55. The molecular weight excluding hydrogens is 419 g/mol. The van der Waals surface area contributed by atoms with Crippen LogP contribution in [0.1, 0.15) is 45.1 Å². The minimum atomic E-state index is -4.68. The average Bonchev–Trinajstić information content (AvgIpc) is 2.71. The quantitative estimate of drug-likeness (QED) is 0.372. The molecule has 1 amide bonds. The van der Waals surface area contributed by atoms with Gasteiger partial charge in [-0.25, -0.2) is 0 Å². The normalized spacial score (nSPS) is 16.0. The first-order chi connectivity index (χ1) is 14.5. The molecule has 172 valence electrons. The second kappa shape index (κ2) is 10.5. The molecule has 0 aliphatic carbocycles. The predicted molar refractivity (Wildman–Crippen MR) is 107 cm³/mol. The van der Waals surface area contributed by atoms with E-state index in [1.54, 1.807) is 4.90 Å². The number of nitrogens with zero attached hydrogens (tertiary/aromatic N) is 2. The Morgan fingerprint density at radius 3 is 2.52 bits per heavy atom. The van der Waals surface area contributed by atoms with Crippen LogP contribution in [0.25, 0.3) is 0 Å². The number of esters is 1. The largest absolute Gasteiger partial charge is 0.455 e. The Morgan fingerprint density at radius 1 is 1.32 bits per heavy atom. The van der Waals surface area contributed by atoms with Crippen LogP contribution in [0.4, 0.5) is 24.5 Å². The number of anilines is 1. The van der Waals surface area contributed by atoms with Gasteiger partial charge in [0.05, 0.1) is 16.4 Å². The van der Waals surface area contributed by atoms with Gasteiger partial charge in [0.15, 0.2) is 6.61 Å². The van der Waals surface area contributed by atoms with Crippen LogP contribution in [0, 0.1) is 16.0 Å². The first-order valence-electron chi connectivity index (χ1n) is 10.1. The molecule has 1 aliphatic heterocycles. The lowest BCUT2D eigenvalue weighted by molar-refractivity contribution is -0.384. The molecule has 1 fully saturated rings. The monoisotopic (exact) mass is 445 g/mol. The SMILES string of the molecule is CCCC(C)NC(=O)COC(=O)C1CCN(c2ccc(C(F)(F)F)cc2[N+](=O)[O-])CC1. The van der Waals surface area contributed by atoms with Crippen molar-refractivity contribution in [2.24, 2.45) is 5.92 Å². The molecule has 1 saturated heterocycles. The number of nitrogens with one attached hydrogen (secondary N) is 1. The van der Waals surface area contributed by atoms with Crippen LogP contribution in [-0.2, 0) is 20.5 Å². The predicted octanol–water partition coefficient (Wildman–Crippen LogP) is 3.68. The maximum absolute atomic E-state index is 12.9. The Labute approximate surface area is 177 Å². The number of rotatable bonds is 8. The molecule has 11 heteroatoms. The second-order valence-electron chi connectivity index (χ2n) is 7.58. The molecule has 0 bridgehead atoms. The Kier molecular flexibility index (Phi) is 8.23. The van der Waals surface area contributed by atoms with E-state index in [-0.39, 0.29) is 37.3 Å². The van der Waals surface area contributed by atoms with E-state index in [9.17, 15) is 32.9 Å². The smallest absolute Gasteiger partial charge is 0.416 e. The van der Waals surface area contributed by atoms with Crippen LogP contribution >= 0.6 is 0 Å². The summed E-state index contributed by atoms with van der Waals surface area (Å²) in [4.78, 5) is 36.1. The van der Waals surface area contributed by atoms with E-state index in [1.807, 2.05) is 13.8 Å². The number of piperidine rings is 1. The first kappa shape index (κ1) is 24.4. The molecule has 1 atom stereocenters. The number of nitro groups is 1. The van der Waals surface area contributed by atoms with Crippen molar-refractivity contribution in [3.05, 3.63) is 33.9 Å². The summed E-state index contributed by atoms with van der Waals surface area (Å²) in [5.41, 5.74) is -1.64. The number of benzene rings is 1. The highest BCUT2D eigenvalue weighted by Gasteiger charge is 2.35. The Bertz CT molecular complexity index is 808. The Balaban J connectivity index is 1.93. The molecule has 8 nitrogen and oxygen atoms in total. The van der Waals surface area contributed by atoms with Crippen LogP contribution in [0.15, 0.2) is 18.2 Å². The number of ether oxygens (including phenoxy) is 1. The Morgan fingerprint density at radius 2 is 1.97 bits per heavy atom. The molecule has 31 heavy (non-hydrogen) atoms. The number of amides is 1. The molecule has 0 spiro atoms. The summed E-state index contributed by atoms with van der Waals surface area (Å²) in [6.45, 7) is 3.96. The van der Waals surface area contributed by atoms with Crippen LogP contribution in [0.2, 0.25) is 0 Å². The molecule has 2 rings (SSSR count). The lowest BCUT2D eigenvalue weighted by Gasteiger charge is -2.32. The van der Waals surface area contributed by atoms with Crippen molar-refractivity contribution in [2.75, 3.05) is 24.6 Å². The molecule has 1 aliphatic rings. The van der Waals surface area contributed by atoms with Crippen LogP contribution in [-0.4, -0.2) is 42.5 Å². The van der Waals surface area contributed by atoms with E-state index in [4.69, 9.17) is 4.74 Å². The van der Waals surface area contributed by atoms with Crippen LogP contribution in [0.5, 0.6) is 0 Å². The van der Waals surface area contributed by atoms with Crippen molar-refractivity contribution >= 4 is 23.3 Å². The summed E-state index contributed by atoms with van der Waals surface area (Å²) in [5, 5.41) is 14.0. The van der Waals surface area contributed by atoms with Gasteiger partial charge in [-0.2, -0.15) is 13.2 Å². The van der Waals surface area contributed by atoms with E-state index < -0.39 is 34.2 Å². The van der Waals surface area contributed by atoms with Crippen molar-refractivity contribution in [3.63, 3.8) is 0 Å². The Hall–Kier alpha value is -2.85. The highest BCUT2D eigenvalue weighted by atomic mass is 19.4. The van der Waals surface area contributed by atoms with E-state index >= 15 is 0 Å². The first-order valence-corrected chi connectivity index (χ1v) is 10.1. The molecule has 0 saturated carbocycles. The summed E-state index contributed by atoms with van der Waals surface area (Å²) in [6.07, 6.45) is -2.33. The van der Waals surface area contributed by atoms with Gasteiger partial charge in [0.1, 0.15) is 5.69 Å². The zero-order valence-electron chi connectivity index (χ0n) is 17.4. The van der Waals surface area contributed by atoms with E-state index in [2.05, 4.69) is 5.32 Å². The molecule has 1 N–H and O–H groups in total. The molecule has 0 aromatic heterocycles. The fourth-order valence-corrected chi connectivity index (χ4v) is 3.55. The van der Waals surface area contributed by atoms with Crippen molar-refractivity contribution in [2.45, 2.75) is 51.7 Å². The fraction of sp³-hybridized carbons (Fsp3) is 0.600. The van der Waals surface area contributed by atoms with Gasteiger partial charge in [0.25, 0.3) is 11.6 Å². The third-order valence-electron chi connectivity index (χ3n) is 5.14. The van der Waals surface area contributed by atoms with Gasteiger partial charge in [-0.05, 0) is 38.3 Å². The number of carbonyl (C=O) groups excluding carboxylic acids is 2. The van der Waals surface area contributed by atoms with Gasteiger partial charge in [0.2, 0.25) is 0 Å². The third-order valence-corrected chi connectivity index (χ3v) is 5.14. The van der Waals surface area contributed by atoms with E-state index in [1.165, 1.54) is 0 Å². The van der Waals surface area contributed by atoms with Crippen molar-refractivity contribution in [1.82, 2.24) is 5.32 Å². The van der Waals surface area contributed by atoms with Crippen molar-refractivity contribution in [1.29, 1.82) is 0 Å². The molecular formula is C20H26F3N3O5. The summed E-state index contributed by atoms with van der Waals surface area (Å²) < 4.78 is 43.7. The van der Waals surface area contributed by atoms with Crippen molar-refractivity contribution in [3.8, 4) is 0 Å². The van der Waals surface area contributed by atoms with Gasteiger partial charge in [-0.3, -0.25) is 19.7 Å². The van der Waals surface area contributed by atoms with Crippen LogP contribution < -0.4 is 10.2 Å². The number of carbonyl (C=O) groups is 2. The highest BCUT2D eigenvalue weighted by molar-refractivity contribution is 5.81. The summed E-state index contributed by atoms with van der Waals surface area (Å²) >= 11 is 0. The lowest BCUT2D eigenvalue weighted by Crippen LogP contribution is -2.39. The number of halogens is 3. The minimum Gasteiger partial charge on any atom is -0.455 e. The van der Waals surface area contributed by atoms with Gasteiger partial charge in [0, 0.05) is 25.2 Å². The zero-order valence-corrected chi connectivity index (χ0v) is 17.4.